The summed E-state index contributed by atoms with van der Waals surface area (Å²) in [6, 6.07) is 0. The second-order valence-corrected chi connectivity index (χ2v) is 14.2. The van der Waals surface area contributed by atoms with Crippen LogP contribution in [0.25, 0.3) is 0 Å². The van der Waals surface area contributed by atoms with E-state index in [1.54, 1.807) is 0 Å². The summed E-state index contributed by atoms with van der Waals surface area (Å²) in [6.07, 6.45) is -7.13. The molecule has 0 aromatic heterocycles. The van der Waals surface area contributed by atoms with Crippen LogP contribution in [-0.2, 0) is 16.5 Å². The van der Waals surface area contributed by atoms with Crippen LogP contribution in [0.15, 0.2) is 0 Å². The molecule has 0 rings (SSSR count). The van der Waals surface area contributed by atoms with Crippen LogP contribution in [0.2, 0.25) is 0 Å². The quantitative estimate of drug-likeness (QED) is 0.151. The van der Waals surface area contributed by atoms with Gasteiger partial charge >= 0.3 is 12.4 Å². The van der Waals surface area contributed by atoms with Crippen molar-refractivity contribution in [2.75, 3.05) is 12.3 Å². The van der Waals surface area contributed by atoms with Crippen LogP contribution in [0.1, 0.15) is 55.4 Å². The Morgan fingerprint density at radius 1 is 0.556 bits per heavy atom. The Hall–Kier alpha value is 0.494. The minimum Gasteiger partial charge on any atom is -0.159 e. The Morgan fingerprint density at radius 2 is 0.741 bits per heavy atom. The Balaban J connectivity index is -0.000000454. The van der Waals surface area contributed by atoms with Gasteiger partial charge in [0, 0.05) is 28.3 Å². The smallest absolute Gasteiger partial charge is 0.159 e. The normalized spacial score (nSPS) is 12.3. The van der Waals surface area contributed by atoms with Crippen molar-refractivity contribution in [2.24, 2.45) is 0 Å². The molecule has 0 atom stereocenters. The van der Waals surface area contributed by atoms with Gasteiger partial charge in [-0.2, -0.15) is 26.3 Å². The third-order valence-electron chi connectivity index (χ3n) is 3.62. The van der Waals surface area contributed by atoms with Gasteiger partial charge in [0.15, 0.2) is 0 Å². The van der Waals surface area contributed by atoms with E-state index in [0.717, 1.165) is 22.6 Å². The largest absolute Gasteiger partial charge is 0.457 e. The van der Waals surface area contributed by atoms with Crippen molar-refractivity contribution in [1.29, 1.82) is 0 Å². The van der Waals surface area contributed by atoms with Gasteiger partial charge in [-0.05, 0) is 35.0 Å². The summed E-state index contributed by atoms with van der Waals surface area (Å²) < 4.78 is 65.5. The number of hydrogen-bond donors (Lipinski definition) is 0. The minimum absolute atomic E-state index is 0. The maximum atomic E-state index is 10.9. The van der Waals surface area contributed by atoms with E-state index in [4.69, 9.17) is 0 Å². The first-order valence-corrected chi connectivity index (χ1v) is 12.0. The zero-order chi connectivity index (χ0) is 21.3. The van der Waals surface area contributed by atoms with Crippen molar-refractivity contribution in [3.05, 3.63) is 0 Å². The molecule has 0 N–H and O–H groups in total. The molecule has 9 heteroatoms. The van der Waals surface area contributed by atoms with Crippen LogP contribution < -0.4 is 0 Å². The molecule has 166 valence electrons. The first-order valence-electron chi connectivity index (χ1n) is 8.67. The SMILES string of the molecule is CC(C)P(CCP(C(C)C)C(C)C)C(C)C.FC(F)(F)C#CC(F)(F)F.[Ni]. The summed E-state index contributed by atoms with van der Waals surface area (Å²) in [6.45, 7) is 19.3. The van der Waals surface area contributed by atoms with Gasteiger partial charge in [0.05, 0.1) is 0 Å². The van der Waals surface area contributed by atoms with E-state index >= 15 is 0 Å². The second-order valence-electron chi connectivity index (χ2n) is 7.10. The zero-order valence-corrected chi connectivity index (χ0v) is 20.0. The molecule has 0 radical (unpaired) electrons. The summed E-state index contributed by atoms with van der Waals surface area (Å²) in [5, 5.41) is 0. The number of hydrogen-bond acceptors (Lipinski definition) is 0. The third-order valence-corrected chi connectivity index (χ3v) is 10.8. The van der Waals surface area contributed by atoms with E-state index in [1.165, 1.54) is 12.3 Å². The molecule has 0 fully saturated rings. The molecule has 0 unspecified atom stereocenters. The summed E-state index contributed by atoms with van der Waals surface area (Å²) >= 11 is 0. The van der Waals surface area contributed by atoms with Crippen LogP contribution in [0.4, 0.5) is 26.3 Å². The summed E-state index contributed by atoms with van der Waals surface area (Å²) in [5.41, 5.74) is 3.63. The molecule has 0 saturated carbocycles. The Labute approximate surface area is 173 Å². The number of rotatable bonds is 7. The van der Waals surface area contributed by atoms with Crippen LogP contribution in [0.5, 0.6) is 0 Å². The monoisotopic (exact) mass is 482 g/mol. The topological polar surface area (TPSA) is 0 Å². The molecular formula is C18H32F6NiP2. The van der Waals surface area contributed by atoms with Gasteiger partial charge in [-0.3, -0.25) is 0 Å². The molecule has 0 aromatic rings. The maximum Gasteiger partial charge on any atom is 0.457 e. The van der Waals surface area contributed by atoms with Crippen LogP contribution in [0.3, 0.4) is 0 Å². The van der Waals surface area contributed by atoms with Crippen molar-refractivity contribution in [3.63, 3.8) is 0 Å². The number of alkyl halides is 6. The van der Waals surface area contributed by atoms with Gasteiger partial charge in [0.25, 0.3) is 0 Å². The molecule has 0 aromatic carbocycles. The molecule has 0 bridgehead atoms. The molecule has 0 aliphatic rings. The molecule has 0 aliphatic heterocycles. The van der Waals surface area contributed by atoms with Crippen molar-refractivity contribution in [3.8, 4) is 11.8 Å². The number of halogens is 6. The van der Waals surface area contributed by atoms with Gasteiger partial charge in [-0.25, -0.2) is 0 Å². The van der Waals surface area contributed by atoms with E-state index in [0.29, 0.717) is 0 Å². The zero-order valence-electron chi connectivity index (χ0n) is 17.2. The standard InChI is InChI=1S/C14H32P2.C4F6.Ni/c1-11(2)15(12(3)4)9-10-16(13(5)6)14(7)8;5-3(6,7)1-2-4(8,9)10;/h11-14H,9-10H2,1-8H3;;. The Bertz CT molecular complexity index is 380. The molecule has 0 spiro atoms. The first kappa shape index (κ1) is 32.2. The van der Waals surface area contributed by atoms with Gasteiger partial charge in [0.1, 0.15) is 0 Å². The summed E-state index contributed by atoms with van der Waals surface area (Å²) in [7, 11) is 0.511. The molecule has 0 nitrogen and oxygen atoms in total. The fraction of sp³-hybridized carbons (Fsp3) is 0.889. The summed E-state index contributed by atoms with van der Waals surface area (Å²) in [5.74, 6) is 0.174. The second kappa shape index (κ2) is 14.5. The molecule has 0 aliphatic carbocycles. The van der Waals surface area contributed by atoms with E-state index in [9.17, 15) is 26.3 Å². The first-order chi connectivity index (χ1) is 11.5. The van der Waals surface area contributed by atoms with Crippen LogP contribution in [0, 0.1) is 11.8 Å². The van der Waals surface area contributed by atoms with E-state index in [1.807, 2.05) is 0 Å². The molecule has 0 saturated heterocycles. The predicted molar refractivity (Wildman–Crippen MR) is 104 cm³/mol. The minimum atomic E-state index is -5.07. The average Bonchev–Trinajstić information content (AvgIpc) is 2.38. The maximum absolute atomic E-state index is 10.9. The predicted octanol–water partition coefficient (Wildman–Crippen LogP) is 7.70. The molecular weight excluding hydrogens is 451 g/mol. The fourth-order valence-electron chi connectivity index (χ4n) is 2.60. The van der Waals surface area contributed by atoms with E-state index < -0.39 is 12.4 Å². The van der Waals surface area contributed by atoms with Crippen LogP contribution >= 0.6 is 15.8 Å². The third kappa shape index (κ3) is 19.6. The van der Waals surface area contributed by atoms with Crippen LogP contribution in [-0.4, -0.2) is 47.3 Å². The van der Waals surface area contributed by atoms with Crippen molar-refractivity contribution in [2.45, 2.75) is 90.4 Å². The van der Waals surface area contributed by atoms with Gasteiger partial charge in [-0.1, -0.05) is 55.4 Å². The fourth-order valence-corrected chi connectivity index (χ4v) is 8.90. The van der Waals surface area contributed by atoms with Crippen molar-refractivity contribution >= 4 is 15.8 Å². The van der Waals surface area contributed by atoms with Crippen molar-refractivity contribution in [1.82, 2.24) is 0 Å². The Morgan fingerprint density at radius 3 is 0.852 bits per heavy atom. The summed E-state index contributed by atoms with van der Waals surface area (Å²) in [4.78, 5) is 0. The average molecular weight is 483 g/mol. The van der Waals surface area contributed by atoms with Gasteiger partial charge < -0.3 is 0 Å². The molecule has 0 heterocycles. The van der Waals surface area contributed by atoms with E-state index in [2.05, 4.69) is 55.4 Å². The molecule has 27 heavy (non-hydrogen) atoms. The molecule has 0 amide bonds. The van der Waals surface area contributed by atoms with Gasteiger partial charge in [-0.15, -0.1) is 15.8 Å². The van der Waals surface area contributed by atoms with Gasteiger partial charge in [0.2, 0.25) is 0 Å². The Kier molecular flexibility index (Phi) is 17.2. The van der Waals surface area contributed by atoms with E-state index in [-0.39, 0.29) is 44.2 Å². The van der Waals surface area contributed by atoms with Crippen molar-refractivity contribution < 1.29 is 42.8 Å².